The van der Waals surface area contributed by atoms with Crippen LogP contribution in [-0.4, -0.2) is 25.8 Å². The summed E-state index contributed by atoms with van der Waals surface area (Å²) in [6.07, 6.45) is 0.951. The molecule has 0 heterocycles. The van der Waals surface area contributed by atoms with Crippen LogP contribution in [0, 0.1) is 5.82 Å². The van der Waals surface area contributed by atoms with E-state index in [-0.39, 0.29) is 11.4 Å². The highest BCUT2D eigenvalue weighted by molar-refractivity contribution is 7.92. The average molecular weight is 260 g/mol. The number of nitrogens with one attached hydrogen (secondary N) is 1. The summed E-state index contributed by atoms with van der Waals surface area (Å²) in [6.45, 7) is 1.25. The van der Waals surface area contributed by atoms with Crippen molar-refractivity contribution in [1.29, 1.82) is 0 Å². The Kier molecular flexibility index (Phi) is 3.72. The summed E-state index contributed by atoms with van der Waals surface area (Å²) in [5.41, 5.74) is 5.74. The highest BCUT2D eigenvalue weighted by Gasteiger charge is 2.24. The molecule has 94 valence electrons. The molecular weight excluding hydrogens is 247 g/mol. The van der Waals surface area contributed by atoms with E-state index >= 15 is 0 Å². The summed E-state index contributed by atoms with van der Waals surface area (Å²) >= 11 is 0. The number of carbonyl (C=O) groups excluding carboxylic acids is 1. The van der Waals surface area contributed by atoms with Gasteiger partial charge in [0.25, 0.3) is 0 Å². The highest BCUT2D eigenvalue weighted by atomic mass is 32.2. The Morgan fingerprint density at radius 1 is 1.47 bits per heavy atom. The standard InChI is InChI=1S/C10H13FN2O3S/c1-6(17(2,15)16)10(14)13-9-5-7(11)3-4-8(9)12/h3-6H,12H2,1-2H3,(H,13,14). The normalized spacial score (nSPS) is 13.1. The van der Waals surface area contributed by atoms with Crippen LogP contribution in [0.3, 0.4) is 0 Å². The van der Waals surface area contributed by atoms with Gasteiger partial charge in [0, 0.05) is 6.26 Å². The first-order valence-electron chi connectivity index (χ1n) is 4.76. The minimum Gasteiger partial charge on any atom is -0.397 e. The third kappa shape index (κ3) is 3.42. The van der Waals surface area contributed by atoms with Crippen molar-refractivity contribution in [3.05, 3.63) is 24.0 Å². The Morgan fingerprint density at radius 3 is 2.59 bits per heavy atom. The first-order chi connectivity index (χ1) is 7.71. The van der Waals surface area contributed by atoms with Gasteiger partial charge in [-0.05, 0) is 25.1 Å². The number of sulfone groups is 1. The number of halogens is 1. The third-order valence-corrected chi connectivity index (χ3v) is 3.78. The monoisotopic (exact) mass is 260 g/mol. The van der Waals surface area contributed by atoms with E-state index in [0.717, 1.165) is 18.4 Å². The zero-order chi connectivity index (χ0) is 13.2. The van der Waals surface area contributed by atoms with Crippen molar-refractivity contribution in [2.24, 2.45) is 0 Å². The summed E-state index contributed by atoms with van der Waals surface area (Å²) in [6, 6.07) is 3.46. The molecule has 1 aromatic carbocycles. The first-order valence-corrected chi connectivity index (χ1v) is 6.72. The number of carbonyl (C=O) groups is 1. The maximum atomic E-state index is 12.9. The van der Waals surface area contributed by atoms with E-state index < -0.39 is 26.8 Å². The Bertz CT molecular complexity index is 542. The van der Waals surface area contributed by atoms with Gasteiger partial charge in [-0.15, -0.1) is 0 Å². The van der Waals surface area contributed by atoms with E-state index in [1.165, 1.54) is 13.0 Å². The first kappa shape index (κ1) is 13.4. The molecule has 0 aliphatic heterocycles. The summed E-state index contributed by atoms with van der Waals surface area (Å²) in [7, 11) is -3.49. The van der Waals surface area contributed by atoms with Gasteiger partial charge in [0.1, 0.15) is 11.1 Å². The predicted molar refractivity (Wildman–Crippen MR) is 63.7 cm³/mol. The molecule has 0 spiro atoms. The van der Waals surface area contributed by atoms with Gasteiger partial charge in [-0.25, -0.2) is 12.8 Å². The third-order valence-electron chi connectivity index (χ3n) is 2.28. The van der Waals surface area contributed by atoms with Crippen LogP contribution >= 0.6 is 0 Å². The number of benzene rings is 1. The molecule has 0 aromatic heterocycles. The predicted octanol–water partition coefficient (Wildman–Crippen LogP) is 0.780. The molecular formula is C10H13FN2O3S. The Balaban J connectivity index is 2.92. The topological polar surface area (TPSA) is 89.3 Å². The molecule has 0 radical (unpaired) electrons. The summed E-state index contributed by atoms with van der Waals surface area (Å²) in [5.74, 6) is -1.31. The molecule has 0 bridgehead atoms. The van der Waals surface area contributed by atoms with E-state index in [1.54, 1.807) is 0 Å². The largest absolute Gasteiger partial charge is 0.397 e. The summed E-state index contributed by atoms with van der Waals surface area (Å²) in [4.78, 5) is 11.6. The second-order valence-electron chi connectivity index (χ2n) is 3.69. The van der Waals surface area contributed by atoms with Gasteiger partial charge in [-0.2, -0.15) is 0 Å². The zero-order valence-corrected chi connectivity index (χ0v) is 10.2. The van der Waals surface area contributed by atoms with Gasteiger partial charge in [-0.1, -0.05) is 0 Å². The fourth-order valence-corrected chi connectivity index (χ4v) is 1.51. The minimum absolute atomic E-state index is 0.0606. The number of amides is 1. The average Bonchev–Trinajstić information content (AvgIpc) is 2.21. The number of hydrogen-bond donors (Lipinski definition) is 2. The van der Waals surface area contributed by atoms with Crippen molar-refractivity contribution < 1.29 is 17.6 Å². The molecule has 3 N–H and O–H groups in total. The maximum Gasteiger partial charge on any atom is 0.242 e. The summed E-state index contributed by atoms with van der Waals surface area (Å²) in [5, 5.41) is 1.06. The molecule has 5 nitrogen and oxygen atoms in total. The van der Waals surface area contributed by atoms with Gasteiger partial charge < -0.3 is 11.1 Å². The van der Waals surface area contributed by atoms with Crippen molar-refractivity contribution in [3.63, 3.8) is 0 Å². The van der Waals surface area contributed by atoms with Crippen LogP contribution in [-0.2, 0) is 14.6 Å². The van der Waals surface area contributed by atoms with Crippen LogP contribution in [0.1, 0.15) is 6.92 Å². The quantitative estimate of drug-likeness (QED) is 0.786. The molecule has 1 rings (SSSR count). The lowest BCUT2D eigenvalue weighted by atomic mass is 10.2. The zero-order valence-electron chi connectivity index (χ0n) is 9.40. The lowest BCUT2D eigenvalue weighted by Crippen LogP contribution is -2.32. The van der Waals surface area contributed by atoms with Gasteiger partial charge >= 0.3 is 0 Å². The van der Waals surface area contributed by atoms with Gasteiger partial charge in [0.2, 0.25) is 5.91 Å². The molecule has 0 saturated carbocycles. The van der Waals surface area contributed by atoms with Crippen molar-refractivity contribution in [2.75, 3.05) is 17.3 Å². The van der Waals surface area contributed by atoms with Crippen molar-refractivity contribution in [2.45, 2.75) is 12.2 Å². The molecule has 0 aliphatic carbocycles. The highest BCUT2D eigenvalue weighted by Crippen LogP contribution is 2.19. The number of hydrogen-bond acceptors (Lipinski definition) is 4. The number of nitrogen functional groups attached to an aromatic ring is 1. The van der Waals surface area contributed by atoms with Crippen LogP contribution in [0.2, 0.25) is 0 Å². The Morgan fingerprint density at radius 2 is 2.06 bits per heavy atom. The summed E-state index contributed by atoms with van der Waals surface area (Å²) < 4.78 is 35.2. The smallest absolute Gasteiger partial charge is 0.242 e. The van der Waals surface area contributed by atoms with E-state index in [1.807, 2.05) is 0 Å². The Hall–Kier alpha value is -1.63. The van der Waals surface area contributed by atoms with Crippen LogP contribution in [0.15, 0.2) is 18.2 Å². The lowest BCUT2D eigenvalue weighted by Gasteiger charge is -2.12. The van der Waals surface area contributed by atoms with Crippen molar-refractivity contribution in [1.82, 2.24) is 0 Å². The van der Waals surface area contributed by atoms with Gasteiger partial charge in [-0.3, -0.25) is 4.79 Å². The number of rotatable bonds is 3. The molecule has 0 saturated heterocycles. The second-order valence-corrected chi connectivity index (χ2v) is 6.06. The van der Waals surface area contributed by atoms with Crippen molar-refractivity contribution >= 4 is 27.1 Å². The minimum atomic E-state index is -3.49. The number of nitrogens with two attached hydrogens (primary N) is 1. The van der Waals surface area contributed by atoms with Crippen LogP contribution < -0.4 is 11.1 Å². The van der Waals surface area contributed by atoms with E-state index in [0.29, 0.717) is 0 Å². The van der Waals surface area contributed by atoms with E-state index in [2.05, 4.69) is 5.32 Å². The Labute approximate surface area is 98.7 Å². The molecule has 1 unspecified atom stereocenters. The van der Waals surface area contributed by atoms with Crippen molar-refractivity contribution in [3.8, 4) is 0 Å². The van der Waals surface area contributed by atoms with Crippen LogP contribution in [0.4, 0.5) is 15.8 Å². The molecule has 17 heavy (non-hydrogen) atoms. The SMILES string of the molecule is CC(C(=O)Nc1cc(F)ccc1N)S(C)(=O)=O. The molecule has 1 aromatic rings. The van der Waals surface area contributed by atoms with Crippen LogP contribution in [0.5, 0.6) is 0 Å². The van der Waals surface area contributed by atoms with Crippen LogP contribution in [0.25, 0.3) is 0 Å². The molecule has 1 atom stereocenters. The second kappa shape index (κ2) is 4.70. The molecule has 1 amide bonds. The lowest BCUT2D eigenvalue weighted by molar-refractivity contribution is -0.115. The fraction of sp³-hybridized carbons (Fsp3) is 0.300. The fourth-order valence-electron chi connectivity index (χ4n) is 1.07. The number of anilines is 2. The molecule has 0 aliphatic rings. The van der Waals surface area contributed by atoms with Gasteiger partial charge in [0.15, 0.2) is 9.84 Å². The maximum absolute atomic E-state index is 12.9. The van der Waals surface area contributed by atoms with E-state index in [9.17, 15) is 17.6 Å². The molecule has 7 heteroatoms. The van der Waals surface area contributed by atoms with Gasteiger partial charge in [0.05, 0.1) is 11.4 Å². The van der Waals surface area contributed by atoms with E-state index in [4.69, 9.17) is 5.73 Å². The molecule has 0 fully saturated rings.